The maximum Gasteiger partial charge on any atom is 0.272 e. The van der Waals surface area contributed by atoms with E-state index >= 15 is 0 Å². The number of rotatable bonds is 3. The predicted octanol–water partition coefficient (Wildman–Crippen LogP) is 2.33. The molecule has 0 aliphatic rings. The Labute approximate surface area is 89.8 Å². The van der Waals surface area contributed by atoms with Gasteiger partial charge in [-0.1, -0.05) is 28.1 Å². The lowest BCUT2D eigenvalue weighted by atomic mass is 10.1. The lowest BCUT2D eigenvalue weighted by Crippen LogP contribution is -2.00. The van der Waals surface area contributed by atoms with E-state index < -0.39 is 11.0 Å². The molecule has 0 bridgehead atoms. The van der Waals surface area contributed by atoms with Gasteiger partial charge >= 0.3 is 0 Å². The van der Waals surface area contributed by atoms with Crippen molar-refractivity contribution in [1.82, 2.24) is 0 Å². The Morgan fingerprint density at radius 1 is 1.64 bits per heavy atom. The van der Waals surface area contributed by atoms with Crippen LogP contribution >= 0.6 is 15.9 Å². The highest BCUT2D eigenvalue weighted by Gasteiger charge is 2.14. The van der Waals surface area contributed by atoms with Crippen LogP contribution in [0.2, 0.25) is 0 Å². The van der Waals surface area contributed by atoms with Crippen molar-refractivity contribution >= 4 is 21.6 Å². The third kappa shape index (κ3) is 2.30. The minimum atomic E-state index is -0.700. The number of aliphatic hydroxyl groups is 1. The molecule has 0 heterocycles. The number of halogens is 1. The fourth-order valence-corrected chi connectivity index (χ4v) is 1.49. The molecule has 1 rings (SSSR count). The zero-order valence-corrected chi connectivity index (χ0v) is 9.19. The fraction of sp³-hybridized carbons (Fsp3) is 0.333. The number of hydrogen-bond acceptors (Lipinski definition) is 3. The van der Waals surface area contributed by atoms with E-state index in [0.29, 0.717) is 16.5 Å². The zero-order chi connectivity index (χ0) is 10.7. The van der Waals surface area contributed by atoms with Crippen LogP contribution in [0.5, 0.6) is 0 Å². The molecule has 5 heteroatoms. The average Bonchev–Trinajstić information content (AvgIpc) is 2.17. The third-order valence-corrected chi connectivity index (χ3v) is 2.57. The first-order valence-electron chi connectivity index (χ1n) is 4.05. The van der Waals surface area contributed by atoms with Crippen molar-refractivity contribution in [1.29, 1.82) is 0 Å². The summed E-state index contributed by atoms with van der Waals surface area (Å²) in [5.74, 6) is 0. The molecule has 0 aliphatic heterocycles. The Morgan fingerprint density at radius 2 is 2.29 bits per heavy atom. The zero-order valence-electron chi connectivity index (χ0n) is 7.61. The summed E-state index contributed by atoms with van der Waals surface area (Å²) in [7, 11) is 0. The van der Waals surface area contributed by atoms with Crippen LogP contribution in [-0.2, 0) is 0 Å². The monoisotopic (exact) mass is 259 g/mol. The van der Waals surface area contributed by atoms with Gasteiger partial charge in [-0.3, -0.25) is 10.1 Å². The summed E-state index contributed by atoms with van der Waals surface area (Å²) in [5.41, 5.74) is 1.20. The van der Waals surface area contributed by atoms with Crippen molar-refractivity contribution in [3.05, 3.63) is 39.4 Å². The lowest BCUT2D eigenvalue weighted by Gasteiger charge is -2.07. The number of nitro groups is 1. The first-order chi connectivity index (χ1) is 6.56. The van der Waals surface area contributed by atoms with Crippen LogP contribution in [0.25, 0.3) is 0 Å². The molecule has 0 saturated heterocycles. The van der Waals surface area contributed by atoms with E-state index in [1.165, 1.54) is 6.07 Å². The highest BCUT2D eigenvalue weighted by Crippen LogP contribution is 2.23. The van der Waals surface area contributed by atoms with Gasteiger partial charge in [0.05, 0.1) is 11.0 Å². The molecule has 0 fully saturated rings. The predicted molar refractivity (Wildman–Crippen MR) is 56.6 cm³/mol. The number of nitrogens with zero attached hydrogens (tertiary/aromatic N) is 1. The molecule has 76 valence electrons. The number of alkyl halides is 1. The van der Waals surface area contributed by atoms with Crippen LogP contribution in [0.3, 0.4) is 0 Å². The van der Waals surface area contributed by atoms with E-state index in [0.717, 1.165) is 0 Å². The SMILES string of the molecule is Cc1ccc([C@@H](O)CBr)cc1[N+](=O)[O-]. The summed E-state index contributed by atoms with van der Waals surface area (Å²) in [6, 6.07) is 4.73. The van der Waals surface area contributed by atoms with Crippen molar-refractivity contribution in [3.63, 3.8) is 0 Å². The van der Waals surface area contributed by atoms with Gasteiger partial charge in [-0.25, -0.2) is 0 Å². The second-order valence-corrected chi connectivity index (χ2v) is 3.62. The van der Waals surface area contributed by atoms with Crippen molar-refractivity contribution in [2.24, 2.45) is 0 Å². The van der Waals surface area contributed by atoms with Crippen LogP contribution in [0, 0.1) is 17.0 Å². The van der Waals surface area contributed by atoms with Crippen LogP contribution in [0.1, 0.15) is 17.2 Å². The Balaban J connectivity index is 3.12. The van der Waals surface area contributed by atoms with Crippen LogP contribution in [-0.4, -0.2) is 15.4 Å². The first kappa shape index (κ1) is 11.1. The van der Waals surface area contributed by atoms with Crippen LogP contribution in [0.4, 0.5) is 5.69 Å². The molecule has 1 N–H and O–H groups in total. The van der Waals surface area contributed by atoms with E-state index in [9.17, 15) is 15.2 Å². The number of nitro benzene ring substituents is 1. The normalized spacial score (nSPS) is 12.5. The minimum Gasteiger partial charge on any atom is -0.388 e. The standard InChI is InChI=1S/C9H10BrNO3/c1-6-2-3-7(9(12)5-10)4-8(6)11(13)14/h2-4,9,12H,5H2,1H3/t9-/m0/s1. The van der Waals surface area contributed by atoms with Crippen molar-refractivity contribution in [2.75, 3.05) is 5.33 Å². The molecule has 0 spiro atoms. The molecule has 14 heavy (non-hydrogen) atoms. The summed E-state index contributed by atoms with van der Waals surface area (Å²) in [4.78, 5) is 10.2. The summed E-state index contributed by atoms with van der Waals surface area (Å²) >= 11 is 3.11. The van der Waals surface area contributed by atoms with Gasteiger partial charge in [0.15, 0.2) is 0 Å². The van der Waals surface area contributed by atoms with Crippen molar-refractivity contribution < 1.29 is 10.0 Å². The van der Waals surface area contributed by atoms with E-state index in [-0.39, 0.29) is 5.69 Å². The molecule has 4 nitrogen and oxygen atoms in total. The number of aryl methyl sites for hydroxylation is 1. The lowest BCUT2D eigenvalue weighted by molar-refractivity contribution is -0.385. The molecule has 1 aromatic carbocycles. The molecular weight excluding hydrogens is 250 g/mol. The quantitative estimate of drug-likeness (QED) is 0.515. The van der Waals surface area contributed by atoms with Crippen LogP contribution in [0.15, 0.2) is 18.2 Å². The van der Waals surface area contributed by atoms with Crippen LogP contribution < -0.4 is 0 Å². The molecule has 1 atom stereocenters. The van der Waals surface area contributed by atoms with Gasteiger partial charge < -0.3 is 5.11 Å². The Hall–Kier alpha value is -0.940. The molecule has 0 aromatic heterocycles. The topological polar surface area (TPSA) is 63.4 Å². The summed E-state index contributed by atoms with van der Waals surface area (Å²) in [5, 5.41) is 20.4. The second kappa shape index (κ2) is 4.52. The molecule has 0 amide bonds. The highest BCUT2D eigenvalue weighted by molar-refractivity contribution is 9.09. The average molecular weight is 260 g/mol. The molecule has 0 saturated carbocycles. The Kier molecular flexibility index (Phi) is 3.60. The van der Waals surface area contributed by atoms with Gasteiger partial charge in [-0.2, -0.15) is 0 Å². The summed E-state index contributed by atoms with van der Waals surface area (Å²) < 4.78 is 0. The molecule has 1 aromatic rings. The fourth-order valence-electron chi connectivity index (χ4n) is 1.12. The van der Waals surface area contributed by atoms with Gasteiger partial charge in [0, 0.05) is 17.0 Å². The Morgan fingerprint density at radius 3 is 2.79 bits per heavy atom. The van der Waals surface area contributed by atoms with Gasteiger partial charge in [-0.05, 0) is 12.5 Å². The van der Waals surface area contributed by atoms with Gasteiger partial charge in [0.25, 0.3) is 5.69 Å². The van der Waals surface area contributed by atoms with Gasteiger partial charge in [-0.15, -0.1) is 0 Å². The second-order valence-electron chi connectivity index (χ2n) is 2.97. The number of benzene rings is 1. The summed E-state index contributed by atoms with van der Waals surface area (Å²) in [6.07, 6.45) is -0.700. The van der Waals surface area contributed by atoms with Gasteiger partial charge in [0.2, 0.25) is 0 Å². The number of hydrogen-bond donors (Lipinski definition) is 1. The maximum absolute atomic E-state index is 10.6. The summed E-state index contributed by atoms with van der Waals surface area (Å²) in [6.45, 7) is 1.67. The van der Waals surface area contributed by atoms with Crippen molar-refractivity contribution in [3.8, 4) is 0 Å². The smallest absolute Gasteiger partial charge is 0.272 e. The highest BCUT2D eigenvalue weighted by atomic mass is 79.9. The Bertz CT molecular complexity index is 354. The van der Waals surface area contributed by atoms with E-state index in [1.54, 1.807) is 19.1 Å². The number of aliphatic hydroxyl groups excluding tert-OH is 1. The van der Waals surface area contributed by atoms with Gasteiger partial charge in [0.1, 0.15) is 0 Å². The molecule has 0 aliphatic carbocycles. The molecular formula is C9H10BrNO3. The van der Waals surface area contributed by atoms with Crippen molar-refractivity contribution in [2.45, 2.75) is 13.0 Å². The first-order valence-corrected chi connectivity index (χ1v) is 5.17. The largest absolute Gasteiger partial charge is 0.388 e. The minimum absolute atomic E-state index is 0.0440. The third-order valence-electron chi connectivity index (χ3n) is 1.96. The maximum atomic E-state index is 10.6. The molecule has 0 radical (unpaired) electrons. The van der Waals surface area contributed by atoms with E-state index in [1.807, 2.05) is 0 Å². The van der Waals surface area contributed by atoms with E-state index in [4.69, 9.17) is 0 Å². The van der Waals surface area contributed by atoms with E-state index in [2.05, 4.69) is 15.9 Å². The molecule has 0 unspecified atom stereocenters.